The number of carbonyl (C=O) groups excluding carboxylic acids is 2. The number of hydrogen-bond acceptors (Lipinski definition) is 4. The molecule has 0 saturated carbocycles. The van der Waals surface area contributed by atoms with Crippen molar-refractivity contribution in [3.63, 3.8) is 0 Å². The molecule has 0 fully saturated rings. The zero-order valence-corrected chi connectivity index (χ0v) is 21.3. The summed E-state index contributed by atoms with van der Waals surface area (Å²) in [4.78, 5) is 27.9. The Kier molecular flexibility index (Phi) is 9.13. The Morgan fingerprint density at radius 2 is 1.84 bits per heavy atom. The molecule has 0 aromatic heterocycles. The maximum atomic E-state index is 13.3. The maximum absolute atomic E-state index is 13.3. The maximum Gasteiger partial charge on any atom is 0.261 e. The summed E-state index contributed by atoms with van der Waals surface area (Å²) in [5.41, 5.74) is 1.49. The van der Waals surface area contributed by atoms with E-state index in [1.54, 1.807) is 18.1 Å². The van der Waals surface area contributed by atoms with E-state index in [1.807, 2.05) is 71.0 Å². The number of ether oxygens (including phenoxy) is 2. The minimum absolute atomic E-state index is 0.162. The zero-order chi connectivity index (χ0) is 23.9. The molecule has 0 radical (unpaired) electrons. The molecule has 0 aliphatic heterocycles. The standard InChI is InChI=1S/C25H33BrN2O4/c1-7-22(24(30)27-25(3,4)5)28(15-18-9-8-10-19(14-18)31-6)23(29)16-32-20-11-12-21(26)17(2)13-20/h8-14,22H,7,15-16H2,1-6H3,(H,27,30)/t22-/m0/s1. The molecule has 0 spiro atoms. The third-order valence-electron chi connectivity index (χ3n) is 4.86. The van der Waals surface area contributed by atoms with Crippen LogP contribution in [0.4, 0.5) is 0 Å². The van der Waals surface area contributed by atoms with Crippen molar-refractivity contribution in [1.82, 2.24) is 10.2 Å². The van der Waals surface area contributed by atoms with Crippen LogP contribution in [0.15, 0.2) is 46.9 Å². The molecule has 2 amide bonds. The predicted octanol–water partition coefficient (Wildman–Crippen LogP) is 4.87. The van der Waals surface area contributed by atoms with Crippen LogP contribution in [-0.2, 0) is 16.1 Å². The third kappa shape index (κ3) is 7.55. The van der Waals surface area contributed by atoms with Gasteiger partial charge in [0.25, 0.3) is 5.91 Å². The second-order valence-electron chi connectivity index (χ2n) is 8.74. The highest BCUT2D eigenvalue weighted by molar-refractivity contribution is 9.10. The lowest BCUT2D eigenvalue weighted by atomic mass is 10.1. The molecule has 2 aromatic rings. The van der Waals surface area contributed by atoms with E-state index in [1.165, 1.54) is 0 Å². The van der Waals surface area contributed by atoms with Gasteiger partial charge in [-0.05, 0) is 75.6 Å². The van der Waals surface area contributed by atoms with Crippen molar-refractivity contribution in [3.05, 3.63) is 58.1 Å². The first kappa shape index (κ1) is 25.7. The molecule has 6 nitrogen and oxygen atoms in total. The van der Waals surface area contributed by atoms with Gasteiger partial charge in [-0.15, -0.1) is 0 Å². The van der Waals surface area contributed by atoms with Crippen LogP contribution < -0.4 is 14.8 Å². The number of rotatable bonds is 9. The topological polar surface area (TPSA) is 67.9 Å². The second kappa shape index (κ2) is 11.4. The summed E-state index contributed by atoms with van der Waals surface area (Å²) in [5.74, 6) is 0.858. The van der Waals surface area contributed by atoms with Crippen LogP contribution in [0.1, 0.15) is 45.2 Å². The predicted molar refractivity (Wildman–Crippen MR) is 130 cm³/mol. The molecule has 0 bridgehead atoms. The normalized spacial score (nSPS) is 12.1. The van der Waals surface area contributed by atoms with Crippen LogP contribution in [0.3, 0.4) is 0 Å². The minimum Gasteiger partial charge on any atom is -0.497 e. The summed E-state index contributed by atoms with van der Waals surface area (Å²) in [7, 11) is 1.60. The molecule has 2 rings (SSSR count). The van der Waals surface area contributed by atoms with Gasteiger partial charge in [0.15, 0.2) is 6.61 Å². The van der Waals surface area contributed by atoms with Gasteiger partial charge in [-0.2, -0.15) is 0 Å². The number of methoxy groups -OCH3 is 1. The second-order valence-corrected chi connectivity index (χ2v) is 9.59. The van der Waals surface area contributed by atoms with E-state index in [0.717, 1.165) is 15.6 Å². The van der Waals surface area contributed by atoms with Gasteiger partial charge in [0.2, 0.25) is 5.91 Å². The van der Waals surface area contributed by atoms with Crippen LogP contribution in [0.25, 0.3) is 0 Å². The Bertz CT molecular complexity index is 940. The Balaban J connectivity index is 2.26. The SMILES string of the molecule is CC[C@@H](C(=O)NC(C)(C)C)N(Cc1cccc(OC)c1)C(=O)COc1ccc(Br)c(C)c1. The van der Waals surface area contributed by atoms with E-state index in [9.17, 15) is 9.59 Å². The largest absolute Gasteiger partial charge is 0.497 e. The van der Waals surface area contributed by atoms with Gasteiger partial charge in [-0.25, -0.2) is 0 Å². The number of nitrogens with one attached hydrogen (secondary N) is 1. The Morgan fingerprint density at radius 1 is 1.12 bits per heavy atom. The lowest BCUT2D eigenvalue weighted by Crippen LogP contribution is -2.54. The van der Waals surface area contributed by atoms with Crippen molar-refractivity contribution in [3.8, 4) is 11.5 Å². The van der Waals surface area contributed by atoms with E-state index >= 15 is 0 Å². The Labute approximate surface area is 199 Å². The average Bonchev–Trinajstić information content (AvgIpc) is 2.73. The zero-order valence-electron chi connectivity index (χ0n) is 19.7. The van der Waals surface area contributed by atoms with Crippen LogP contribution in [-0.4, -0.2) is 42.0 Å². The molecular weight excluding hydrogens is 472 g/mol. The van der Waals surface area contributed by atoms with Gasteiger partial charge in [0, 0.05) is 16.6 Å². The van der Waals surface area contributed by atoms with Gasteiger partial charge in [0.05, 0.1) is 7.11 Å². The van der Waals surface area contributed by atoms with Gasteiger partial charge in [0.1, 0.15) is 17.5 Å². The van der Waals surface area contributed by atoms with E-state index in [-0.39, 0.29) is 25.0 Å². The third-order valence-corrected chi connectivity index (χ3v) is 5.75. The molecular formula is C25H33BrN2O4. The summed E-state index contributed by atoms with van der Waals surface area (Å²) in [6.45, 7) is 9.73. The van der Waals surface area contributed by atoms with Gasteiger partial charge in [-0.3, -0.25) is 9.59 Å². The quantitative estimate of drug-likeness (QED) is 0.528. The van der Waals surface area contributed by atoms with Gasteiger partial charge in [-0.1, -0.05) is 35.0 Å². The Hall–Kier alpha value is -2.54. The molecule has 1 atom stereocenters. The fraction of sp³-hybridized carbons (Fsp3) is 0.440. The van der Waals surface area contributed by atoms with E-state index < -0.39 is 11.6 Å². The molecule has 0 saturated heterocycles. The summed E-state index contributed by atoms with van der Waals surface area (Å²) in [5, 5.41) is 3.00. The van der Waals surface area contributed by atoms with E-state index in [4.69, 9.17) is 9.47 Å². The number of nitrogens with zero attached hydrogens (tertiary/aromatic N) is 1. The number of carbonyl (C=O) groups is 2. The van der Waals surface area contributed by atoms with Crippen molar-refractivity contribution in [1.29, 1.82) is 0 Å². The van der Waals surface area contributed by atoms with Gasteiger partial charge >= 0.3 is 0 Å². The van der Waals surface area contributed by atoms with E-state index in [2.05, 4.69) is 21.2 Å². The van der Waals surface area contributed by atoms with E-state index in [0.29, 0.717) is 17.9 Å². The Morgan fingerprint density at radius 3 is 2.44 bits per heavy atom. The van der Waals surface area contributed by atoms with Crippen LogP contribution >= 0.6 is 15.9 Å². The van der Waals surface area contributed by atoms with Crippen LogP contribution in [0.2, 0.25) is 0 Å². The van der Waals surface area contributed by atoms with Gasteiger partial charge < -0.3 is 19.7 Å². The fourth-order valence-electron chi connectivity index (χ4n) is 3.27. The van der Waals surface area contributed by atoms with Crippen molar-refractivity contribution >= 4 is 27.7 Å². The van der Waals surface area contributed by atoms with Crippen LogP contribution in [0, 0.1) is 6.92 Å². The fourth-order valence-corrected chi connectivity index (χ4v) is 3.52. The minimum atomic E-state index is -0.622. The number of halogens is 1. The lowest BCUT2D eigenvalue weighted by molar-refractivity contribution is -0.143. The molecule has 0 unspecified atom stereocenters. The molecule has 1 N–H and O–H groups in total. The first-order valence-electron chi connectivity index (χ1n) is 10.7. The van der Waals surface area contributed by atoms with Crippen molar-refractivity contribution < 1.29 is 19.1 Å². The first-order valence-corrected chi connectivity index (χ1v) is 11.5. The number of amides is 2. The van der Waals surface area contributed by atoms with Crippen LogP contribution in [0.5, 0.6) is 11.5 Å². The highest BCUT2D eigenvalue weighted by atomic mass is 79.9. The molecule has 0 aliphatic carbocycles. The lowest BCUT2D eigenvalue weighted by Gasteiger charge is -2.33. The first-order chi connectivity index (χ1) is 15.0. The van der Waals surface area contributed by atoms with Crippen molar-refractivity contribution in [2.45, 2.75) is 59.2 Å². The number of aryl methyl sites for hydroxylation is 1. The number of benzene rings is 2. The summed E-state index contributed by atoms with van der Waals surface area (Å²) in [6.07, 6.45) is 0.481. The molecule has 0 aliphatic rings. The smallest absolute Gasteiger partial charge is 0.261 e. The number of hydrogen-bond donors (Lipinski definition) is 1. The highest BCUT2D eigenvalue weighted by Gasteiger charge is 2.31. The average molecular weight is 505 g/mol. The molecule has 32 heavy (non-hydrogen) atoms. The molecule has 7 heteroatoms. The summed E-state index contributed by atoms with van der Waals surface area (Å²) >= 11 is 3.46. The molecule has 0 heterocycles. The monoisotopic (exact) mass is 504 g/mol. The summed E-state index contributed by atoms with van der Waals surface area (Å²) < 4.78 is 12.1. The molecule has 174 valence electrons. The highest BCUT2D eigenvalue weighted by Crippen LogP contribution is 2.22. The molecule has 2 aromatic carbocycles. The van der Waals surface area contributed by atoms with Crippen molar-refractivity contribution in [2.75, 3.05) is 13.7 Å². The summed E-state index contributed by atoms with van der Waals surface area (Å²) in [6, 6.07) is 12.4. The van der Waals surface area contributed by atoms with Crippen molar-refractivity contribution in [2.24, 2.45) is 0 Å².